The highest BCUT2D eigenvalue weighted by molar-refractivity contribution is 7.07. The molecule has 0 aliphatic carbocycles. The molecule has 3 heterocycles. The lowest BCUT2D eigenvalue weighted by molar-refractivity contribution is 0.192. The lowest BCUT2D eigenvalue weighted by atomic mass is 10.1. The third-order valence-corrected chi connectivity index (χ3v) is 3.87. The van der Waals surface area contributed by atoms with Crippen molar-refractivity contribution >= 4 is 11.3 Å². The van der Waals surface area contributed by atoms with E-state index in [1.807, 2.05) is 0 Å². The number of ether oxygens (including phenoxy) is 1. The molecule has 2 atom stereocenters. The van der Waals surface area contributed by atoms with Gasteiger partial charge in [-0.1, -0.05) is 5.16 Å². The number of aromatic nitrogens is 2. The van der Waals surface area contributed by atoms with E-state index >= 15 is 0 Å². The van der Waals surface area contributed by atoms with E-state index in [1.54, 1.807) is 11.3 Å². The van der Waals surface area contributed by atoms with Crippen molar-refractivity contribution < 1.29 is 9.26 Å². The summed E-state index contributed by atoms with van der Waals surface area (Å²) in [5, 5.41) is 8.25. The second kappa shape index (κ2) is 4.58. The maximum absolute atomic E-state index is 5.35. The summed E-state index contributed by atoms with van der Waals surface area (Å²) in [6.45, 7) is 3.60. The van der Waals surface area contributed by atoms with Crippen LogP contribution in [0.2, 0.25) is 0 Å². The number of hydrogen-bond acceptors (Lipinski definition) is 5. The van der Waals surface area contributed by atoms with Crippen LogP contribution in [0.3, 0.4) is 0 Å². The first-order valence-electron chi connectivity index (χ1n) is 5.78. The SMILES string of the molecule is C[C@H](c1ccsc1)c1nc([C@@H]2CCOC2)no1. The summed E-state index contributed by atoms with van der Waals surface area (Å²) in [5.41, 5.74) is 1.23. The standard InChI is InChI=1S/C12H14N2O2S/c1-8(10-3-5-17-7-10)12-13-11(14-16-12)9-2-4-15-6-9/h3,5,7-9H,2,4,6H2,1H3/t8-,9-/m1/s1. The van der Waals surface area contributed by atoms with Crippen molar-refractivity contribution in [2.75, 3.05) is 13.2 Å². The van der Waals surface area contributed by atoms with Crippen LogP contribution in [-0.4, -0.2) is 23.4 Å². The minimum absolute atomic E-state index is 0.171. The lowest BCUT2D eigenvalue weighted by Gasteiger charge is -2.02. The molecule has 0 N–H and O–H groups in total. The average Bonchev–Trinajstić information content (AvgIpc) is 3.09. The van der Waals surface area contributed by atoms with Crippen molar-refractivity contribution in [3.63, 3.8) is 0 Å². The molecule has 0 aromatic carbocycles. The Morgan fingerprint density at radius 1 is 1.53 bits per heavy atom. The van der Waals surface area contributed by atoms with Gasteiger partial charge < -0.3 is 9.26 Å². The van der Waals surface area contributed by atoms with E-state index in [-0.39, 0.29) is 5.92 Å². The first-order valence-corrected chi connectivity index (χ1v) is 6.72. The van der Waals surface area contributed by atoms with E-state index in [1.165, 1.54) is 5.56 Å². The number of thiophene rings is 1. The van der Waals surface area contributed by atoms with Crippen LogP contribution in [0.4, 0.5) is 0 Å². The zero-order chi connectivity index (χ0) is 11.7. The molecule has 0 amide bonds. The van der Waals surface area contributed by atoms with Crippen molar-refractivity contribution in [1.82, 2.24) is 10.1 Å². The monoisotopic (exact) mass is 250 g/mol. The van der Waals surface area contributed by atoms with Crippen LogP contribution in [0.15, 0.2) is 21.3 Å². The van der Waals surface area contributed by atoms with Crippen LogP contribution >= 0.6 is 11.3 Å². The number of hydrogen-bond donors (Lipinski definition) is 0. The van der Waals surface area contributed by atoms with Gasteiger partial charge >= 0.3 is 0 Å². The summed E-state index contributed by atoms with van der Waals surface area (Å²) < 4.78 is 10.7. The maximum atomic E-state index is 5.35. The molecule has 0 radical (unpaired) electrons. The molecular formula is C12H14N2O2S. The van der Waals surface area contributed by atoms with Crippen LogP contribution in [0.5, 0.6) is 0 Å². The molecule has 1 aliphatic rings. The van der Waals surface area contributed by atoms with Crippen LogP contribution in [0.25, 0.3) is 0 Å². The highest BCUT2D eigenvalue weighted by atomic mass is 32.1. The zero-order valence-electron chi connectivity index (χ0n) is 9.63. The summed E-state index contributed by atoms with van der Waals surface area (Å²) in [6, 6.07) is 2.10. The highest BCUT2D eigenvalue weighted by Crippen LogP contribution is 2.27. The van der Waals surface area contributed by atoms with Crippen molar-refractivity contribution in [2.45, 2.75) is 25.2 Å². The smallest absolute Gasteiger partial charge is 0.233 e. The average molecular weight is 250 g/mol. The summed E-state index contributed by atoms with van der Waals surface area (Å²) in [5.74, 6) is 1.97. The maximum Gasteiger partial charge on any atom is 0.233 e. The second-order valence-corrected chi connectivity index (χ2v) is 5.11. The minimum Gasteiger partial charge on any atom is -0.381 e. The minimum atomic E-state index is 0.171. The zero-order valence-corrected chi connectivity index (χ0v) is 10.4. The first-order chi connectivity index (χ1) is 8.34. The quantitative estimate of drug-likeness (QED) is 0.840. The number of nitrogens with zero attached hydrogens (tertiary/aromatic N) is 2. The molecule has 2 aromatic rings. The Labute approximate surface area is 104 Å². The molecule has 1 saturated heterocycles. The van der Waals surface area contributed by atoms with Crippen LogP contribution in [0, 0.1) is 0 Å². The Kier molecular flexibility index (Phi) is 2.94. The normalized spacial score (nSPS) is 21.8. The van der Waals surface area contributed by atoms with Crippen molar-refractivity contribution in [3.05, 3.63) is 34.1 Å². The molecule has 1 aliphatic heterocycles. The summed E-state index contributed by atoms with van der Waals surface area (Å²) in [4.78, 5) is 4.50. The van der Waals surface area contributed by atoms with Gasteiger partial charge in [0.05, 0.1) is 12.5 Å². The van der Waals surface area contributed by atoms with Crippen LogP contribution < -0.4 is 0 Å². The molecule has 0 saturated carbocycles. The number of rotatable bonds is 3. The third-order valence-electron chi connectivity index (χ3n) is 3.17. The van der Waals surface area contributed by atoms with Crippen LogP contribution in [-0.2, 0) is 4.74 Å². The van der Waals surface area contributed by atoms with Gasteiger partial charge in [-0.2, -0.15) is 16.3 Å². The van der Waals surface area contributed by atoms with Crippen molar-refractivity contribution in [1.29, 1.82) is 0 Å². The van der Waals surface area contributed by atoms with Crippen molar-refractivity contribution in [3.8, 4) is 0 Å². The first kappa shape index (κ1) is 10.9. The predicted molar refractivity (Wildman–Crippen MR) is 64.3 cm³/mol. The van der Waals surface area contributed by atoms with Gasteiger partial charge in [0.1, 0.15) is 0 Å². The molecule has 5 heteroatoms. The molecule has 0 bridgehead atoms. The molecule has 0 spiro atoms. The lowest BCUT2D eigenvalue weighted by Crippen LogP contribution is -2.01. The Morgan fingerprint density at radius 3 is 3.18 bits per heavy atom. The van der Waals surface area contributed by atoms with Gasteiger partial charge in [-0.05, 0) is 35.7 Å². The summed E-state index contributed by atoms with van der Waals surface area (Å²) in [7, 11) is 0. The Hall–Kier alpha value is -1.20. The van der Waals surface area contributed by atoms with Gasteiger partial charge in [-0.15, -0.1) is 0 Å². The molecule has 3 rings (SSSR count). The van der Waals surface area contributed by atoms with Gasteiger partial charge in [-0.25, -0.2) is 0 Å². The fraction of sp³-hybridized carbons (Fsp3) is 0.500. The Morgan fingerprint density at radius 2 is 2.47 bits per heavy atom. The van der Waals surface area contributed by atoms with E-state index in [9.17, 15) is 0 Å². The Bertz CT molecular complexity index is 474. The van der Waals surface area contributed by atoms with Gasteiger partial charge in [0, 0.05) is 12.5 Å². The van der Waals surface area contributed by atoms with E-state index in [0.717, 1.165) is 18.9 Å². The molecule has 90 valence electrons. The summed E-state index contributed by atoms with van der Waals surface area (Å²) in [6.07, 6.45) is 0.992. The van der Waals surface area contributed by atoms with E-state index < -0.39 is 0 Å². The van der Waals surface area contributed by atoms with Crippen molar-refractivity contribution in [2.24, 2.45) is 0 Å². The van der Waals surface area contributed by atoms with E-state index in [4.69, 9.17) is 9.26 Å². The van der Waals surface area contributed by atoms with Gasteiger partial charge in [0.2, 0.25) is 5.89 Å². The topological polar surface area (TPSA) is 48.2 Å². The van der Waals surface area contributed by atoms with Crippen LogP contribution in [0.1, 0.15) is 42.5 Å². The van der Waals surface area contributed by atoms with Gasteiger partial charge in [0.25, 0.3) is 0 Å². The molecule has 0 unspecified atom stereocenters. The second-order valence-electron chi connectivity index (χ2n) is 4.33. The fourth-order valence-corrected chi connectivity index (χ4v) is 2.75. The summed E-state index contributed by atoms with van der Waals surface area (Å²) >= 11 is 1.68. The third kappa shape index (κ3) is 2.12. The Balaban J connectivity index is 1.80. The largest absolute Gasteiger partial charge is 0.381 e. The van der Waals surface area contributed by atoms with Gasteiger partial charge in [-0.3, -0.25) is 0 Å². The highest BCUT2D eigenvalue weighted by Gasteiger charge is 2.25. The predicted octanol–water partition coefficient (Wildman–Crippen LogP) is 2.79. The van der Waals surface area contributed by atoms with Gasteiger partial charge in [0.15, 0.2) is 5.82 Å². The fourth-order valence-electron chi connectivity index (χ4n) is 1.99. The molecule has 1 fully saturated rings. The molecular weight excluding hydrogens is 236 g/mol. The molecule has 4 nitrogen and oxygen atoms in total. The van der Waals surface area contributed by atoms with E-state index in [0.29, 0.717) is 18.4 Å². The molecule has 17 heavy (non-hydrogen) atoms. The van der Waals surface area contributed by atoms with E-state index in [2.05, 4.69) is 33.9 Å². The molecule has 2 aromatic heterocycles.